The van der Waals surface area contributed by atoms with Crippen LogP contribution in [-0.2, 0) is 13.1 Å². The third kappa shape index (κ3) is 3.97. The molecule has 0 heterocycles. The van der Waals surface area contributed by atoms with Gasteiger partial charge in [-0.1, -0.05) is 24.3 Å². The van der Waals surface area contributed by atoms with Crippen LogP contribution in [0.25, 0.3) is 0 Å². The summed E-state index contributed by atoms with van der Waals surface area (Å²) in [6, 6.07) is 18.0. The Balaban J connectivity index is 1.69. The monoisotopic (exact) mass is 305 g/mol. The number of hydrogen-bond donors (Lipinski definition) is 1. The van der Waals surface area contributed by atoms with E-state index in [0.717, 1.165) is 13.1 Å². The van der Waals surface area contributed by atoms with Crippen LogP contribution in [0.4, 0.5) is 0 Å². The van der Waals surface area contributed by atoms with E-state index in [1.165, 1.54) is 24.0 Å². The van der Waals surface area contributed by atoms with Crippen molar-refractivity contribution >= 4 is 5.91 Å². The van der Waals surface area contributed by atoms with Crippen molar-refractivity contribution in [3.63, 3.8) is 0 Å². The van der Waals surface area contributed by atoms with Gasteiger partial charge in [0.2, 0.25) is 5.91 Å². The second kappa shape index (κ2) is 6.64. The van der Waals surface area contributed by atoms with Crippen molar-refractivity contribution in [3.05, 3.63) is 70.8 Å². The fourth-order valence-corrected chi connectivity index (χ4v) is 2.68. The van der Waals surface area contributed by atoms with Gasteiger partial charge in [-0.05, 0) is 48.2 Å². The molecule has 2 aromatic carbocycles. The Morgan fingerprint density at radius 1 is 1.04 bits per heavy atom. The molecule has 4 heteroatoms. The van der Waals surface area contributed by atoms with Gasteiger partial charge in [-0.25, -0.2) is 0 Å². The lowest BCUT2D eigenvalue weighted by Gasteiger charge is -2.22. The van der Waals surface area contributed by atoms with Gasteiger partial charge in [0.25, 0.3) is 0 Å². The van der Waals surface area contributed by atoms with Gasteiger partial charge >= 0.3 is 0 Å². The zero-order chi connectivity index (χ0) is 16.2. The van der Waals surface area contributed by atoms with Crippen molar-refractivity contribution in [2.75, 3.05) is 0 Å². The Bertz CT molecular complexity index is 725. The highest BCUT2D eigenvalue weighted by molar-refractivity contribution is 5.92. The Labute approximate surface area is 136 Å². The molecule has 2 N–H and O–H groups in total. The Morgan fingerprint density at radius 2 is 1.57 bits per heavy atom. The first kappa shape index (κ1) is 15.3. The molecule has 0 bridgehead atoms. The molecule has 3 rings (SSSR count). The molecular weight excluding hydrogens is 286 g/mol. The van der Waals surface area contributed by atoms with Gasteiger partial charge < -0.3 is 5.73 Å². The molecule has 2 aromatic rings. The highest BCUT2D eigenvalue weighted by Crippen LogP contribution is 2.30. The summed E-state index contributed by atoms with van der Waals surface area (Å²) < 4.78 is 0. The maximum absolute atomic E-state index is 11.1. The maximum Gasteiger partial charge on any atom is 0.248 e. The van der Waals surface area contributed by atoms with Crippen LogP contribution in [0, 0.1) is 11.3 Å². The lowest BCUT2D eigenvalue weighted by atomic mass is 10.1. The molecule has 0 aromatic heterocycles. The Kier molecular flexibility index (Phi) is 4.40. The lowest BCUT2D eigenvalue weighted by molar-refractivity contribution is 0.100. The molecule has 0 unspecified atom stereocenters. The van der Waals surface area contributed by atoms with E-state index >= 15 is 0 Å². The number of hydrogen-bond acceptors (Lipinski definition) is 3. The number of nitriles is 1. The summed E-state index contributed by atoms with van der Waals surface area (Å²) in [6.45, 7) is 1.72. The van der Waals surface area contributed by atoms with E-state index in [-0.39, 0.29) is 0 Å². The normalized spacial score (nSPS) is 13.7. The SMILES string of the molecule is N#Cc1ccc(CN(Cc2ccc(C(N)=O)cc2)C2CC2)cc1. The van der Waals surface area contributed by atoms with E-state index in [4.69, 9.17) is 11.0 Å². The molecule has 0 atom stereocenters. The molecule has 1 fully saturated rings. The average molecular weight is 305 g/mol. The summed E-state index contributed by atoms with van der Waals surface area (Å²) in [6.07, 6.45) is 2.46. The molecule has 0 saturated heterocycles. The zero-order valence-corrected chi connectivity index (χ0v) is 12.9. The number of benzene rings is 2. The first-order valence-electron chi connectivity index (χ1n) is 7.77. The largest absolute Gasteiger partial charge is 0.366 e. The van der Waals surface area contributed by atoms with Crippen LogP contribution in [0.15, 0.2) is 48.5 Å². The molecule has 116 valence electrons. The minimum atomic E-state index is -0.395. The lowest BCUT2D eigenvalue weighted by Crippen LogP contribution is -2.25. The predicted molar refractivity (Wildman–Crippen MR) is 88.4 cm³/mol. The second-order valence-electron chi connectivity index (χ2n) is 6.01. The molecule has 1 aliphatic rings. The molecule has 1 aliphatic carbocycles. The Hall–Kier alpha value is -2.64. The number of carbonyl (C=O) groups excluding carboxylic acids is 1. The topological polar surface area (TPSA) is 70.1 Å². The van der Waals surface area contributed by atoms with Crippen molar-refractivity contribution in [2.24, 2.45) is 5.73 Å². The number of nitrogens with two attached hydrogens (primary N) is 1. The van der Waals surface area contributed by atoms with Gasteiger partial charge in [-0.2, -0.15) is 5.26 Å². The van der Waals surface area contributed by atoms with Crippen LogP contribution in [0.3, 0.4) is 0 Å². The van der Waals surface area contributed by atoms with Crippen LogP contribution in [0.1, 0.15) is 39.9 Å². The summed E-state index contributed by atoms with van der Waals surface area (Å²) >= 11 is 0. The van der Waals surface area contributed by atoms with Crippen molar-refractivity contribution in [2.45, 2.75) is 32.0 Å². The fraction of sp³-hybridized carbons (Fsp3) is 0.263. The quantitative estimate of drug-likeness (QED) is 0.892. The van der Waals surface area contributed by atoms with E-state index in [0.29, 0.717) is 17.2 Å². The molecule has 23 heavy (non-hydrogen) atoms. The number of rotatable bonds is 6. The first-order chi connectivity index (χ1) is 11.2. The van der Waals surface area contributed by atoms with E-state index in [1.807, 2.05) is 36.4 Å². The van der Waals surface area contributed by atoms with Gasteiger partial charge in [0.15, 0.2) is 0 Å². The van der Waals surface area contributed by atoms with Crippen LogP contribution in [0.5, 0.6) is 0 Å². The van der Waals surface area contributed by atoms with Crippen LogP contribution in [0.2, 0.25) is 0 Å². The standard InChI is InChI=1S/C19H19N3O/c20-11-14-1-3-15(4-2-14)12-22(18-9-10-18)13-16-5-7-17(8-6-16)19(21)23/h1-8,18H,9-10,12-13H2,(H2,21,23). The predicted octanol–water partition coefficient (Wildman–Crippen LogP) is 2.82. The number of carbonyl (C=O) groups is 1. The summed E-state index contributed by atoms with van der Waals surface area (Å²) in [5.74, 6) is -0.395. The van der Waals surface area contributed by atoms with Crippen LogP contribution in [-0.4, -0.2) is 16.8 Å². The van der Waals surface area contributed by atoms with Crippen molar-refractivity contribution < 1.29 is 4.79 Å². The summed E-state index contributed by atoms with van der Waals surface area (Å²) in [5.41, 5.74) is 8.90. The molecule has 0 aliphatic heterocycles. The first-order valence-corrected chi connectivity index (χ1v) is 7.77. The second-order valence-corrected chi connectivity index (χ2v) is 6.01. The van der Waals surface area contributed by atoms with E-state index in [9.17, 15) is 4.79 Å². The molecule has 1 amide bonds. The van der Waals surface area contributed by atoms with Crippen LogP contribution < -0.4 is 5.73 Å². The highest BCUT2D eigenvalue weighted by atomic mass is 16.1. The third-order valence-electron chi connectivity index (χ3n) is 4.16. The molecule has 0 radical (unpaired) electrons. The number of amides is 1. The number of primary amides is 1. The summed E-state index contributed by atoms with van der Waals surface area (Å²) in [4.78, 5) is 13.6. The smallest absolute Gasteiger partial charge is 0.248 e. The van der Waals surface area contributed by atoms with Crippen LogP contribution >= 0.6 is 0 Å². The number of nitrogens with zero attached hydrogens (tertiary/aromatic N) is 2. The zero-order valence-electron chi connectivity index (χ0n) is 12.9. The van der Waals surface area contributed by atoms with E-state index in [2.05, 4.69) is 11.0 Å². The molecular formula is C19H19N3O. The summed E-state index contributed by atoms with van der Waals surface area (Å²) in [5, 5.41) is 8.87. The fourth-order valence-electron chi connectivity index (χ4n) is 2.68. The van der Waals surface area contributed by atoms with Gasteiger partial charge in [-0.15, -0.1) is 0 Å². The van der Waals surface area contributed by atoms with Crippen molar-refractivity contribution in [1.82, 2.24) is 4.90 Å². The molecule has 1 saturated carbocycles. The van der Waals surface area contributed by atoms with Gasteiger partial charge in [0.05, 0.1) is 11.6 Å². The van der Waals surface area contributed by atoms with Crippen molar-refractivity contribution in [3.8, 4) is 6.07 Å². The van der Waals surface area contributed by atoms with Gasteiger partial charge in [-0.3, -0.25) is 9.69 Å². The van der Waals surface area contributed by atoms with Crippen molar-refractivity contribution in [1.29, 1.82) is 5.26 Å². The van der Waals surface area contributed by atoms with Gasteiger partial charge in [0, 0.05) is 24.7 Å². The Morgan fingerprint density at radius 3 is 2.00 bits per heavy atom. The average Bonchev–Trinajstić information content (AvgIpc) is 3.40. The van der Waals surface area contributed by atoms with E-state index < -0.39 is 5.91 Å². The molecule has 0 spiro atoms. The maximum atomic E-state index is 11.1. The minimum Gasteiger partial charge on any atom is -0.366 e. The van der Waals surface area contributed by atoms with E-state index in [1.54, 1.807) is 12.1 Å². The van der Waals surface area contributed by atoms with Gasteiger partial charge in [0.1, 0.15) is 0 Å². The minimum absolute atomic E-state index is 0.395. The highest BCUT2D eigenvalue weighted by Gasteiger charge is 2.28. The molecule has 4 nitrogen and oxygen atoms in total. The summed E-state index contributed by atoms with van der Waals surface area (Å²) in [7, 11) is 0. The third-order valence-corrected chi connectivity index (χ3v) is 4.16.